The van der Waals surface area contributed by atoms with Crippen molar-refractivity contribution in [2.45, 2.75) is 33.4 Å². The van der Waals surface area contributed by atoms with Crippen LogP contribution in [0.15, 0.2) is 42.5 Å². The normalized spacial score (nSPS) is 16.1. The van der Waals surface area contributed by atoms with Crippen LogP contribution in [0, 0.1) is 17.2 Å². The topological polar surface area (TPSA) is 75.7 Å². The summed E-state index contributed by atoms with van der Waals surface area (Å²) in [6, 6.07) is 10.2. The van der Waals surface area contributed by atoms with Gasteiger partial charge in [-0.15, -0.1) is 0 Å². The molecule has 0 atom stereocenters. The van der Waals surface area contributed by atoms with Crippen LogP contribution in [0.2, 0.25) is 0 Å². The van der Waals surface area contributed by atoms with Crippen LogP contribution in [-0.4, -0.2) is 27.5 Å². The number of carbonyl (C=O) groups excluding carboxylic acids is 1. The van der Waals surface area contributed by atoms with Crippen molar-refractivity contribution in [2.75, 3.05) is 22.8 Å². The SMILES string of the molecule is CC(C)CN1C(=O)C(C)(C)COc2cc(NS(=O)(=O)Cc3ccc(F)cc3)ccc21. The molecule has 0 spiro atoms. The standard InChI is InChI=1S/C22H27FN2O4S/c1-15(2)12-25-19-10-9-18(11-20(19)29-14-22(3,4)21(25)26)24-30(27,28)13-16-5-7-17(23)8-6-16/h5-11,15,24H,12-14H2,1-4H3. The van der Waals surface area contributed by atoms with Crippen molar-refractivity contribution >= 4 is 27.3 Å². The summed E-state index contributed by atoms with van der Waals surface area (Å²) in [5, 5.41) is 0. The van der Waals surface area contributed by atoms with Crippen LogP contribution in [0.4, 0.5) is 15.8 Å². The minimum atomic E-state index is -3.71. The molecule has 0 aliphatic carbocycles. The molecule has 6 nitrogen and oxygen atoms in total. The quantitative estimate of drug-likeness (QED) is 0.740. The summed E-state index contributed by atoms with van der Waals surface area (Å²) in [7, 11) is -3.71. The number of amides is 1. The maximum absolute atomic E-state index is 13.0. The van der Waals surface area contributed by atoms with Crippen molar-refractivity contribution in [3.05, 3.63) is 53.8 Å². The largest absolute Gasteiger partial charge is 0.490 e. The van der Waals surface area contributed by atoms with Gasteiger partial charge in [0.05, 0.1) is 22.5 Å². The summed E-state index contributed by atoms with van der Waals surface area (Å²) in [6.07, 6.45) is 0. The maximum atomic E-state index is 13.0. The zero-order valence-electron chi connectivity index (χ0n) is 17.6. The summed E-state index contributed by atoms with van der Waals surface area (Å²) >= 11 is 0. The molecule has 0 radical (unpaired) electrons. The van der Waals surface area contributed by atoms with Gasteiger partial charge in [-0.1, -0.05) is 26.0 Å². The number of rotatable bonds is 6. The molecule has 0 unspecified atom stereocenters. The lowest BCUT2D eigenvalue weighted by Crippen LogP contribution is -2.43. The number of nitrogens with zero attached hydrogens (tertiary/aromatic N) is 1. The Bertz CT molecular complexity index is 1030. The number of halogens is 1. The van der Waals surface area contributed by atoms with Crippen LogP contribution in [0.25, 0.3) is 0 Å². The van der Waals surface area contributed by atoms with Gasteiger partial charge in [0.25, 0.3) is 0 Å². The zero-order valence-corrected chi connectivity index (χ0v) is 18.4. The summed E-state index contributed by atoms with van der Waals surface area (Å²) in [6.45, 7) is 8.46. The lowest BCUT2D eigenvalue weighted by atomic mass is 9.92. The van der Waals surface area contributed by atoms with Crippen LogP contribution in [0.5, 0.6) is 5.75 Å². The number of hydrogen-bond acceptors (Lipinski definition) is 4. The van der Waals surface area contributed by atoms with E-state index >= 15 is 0 Å². The summed E-state index contributed by atoms with van der Waals surface area (Å²) in [4.78, 5) is 14.7. The van der Waals surface area contributed by atoms with Gasteiger partial charge < -0.3 is 9.64 Å². The molecule has 0 saturated heterocycles. The maximum Gasteiger partial charge on any atom is 0.236 e. The van der Waals surface area contributed by atoms with E-state index in [1.165, 1.54) is 24.3 Å². The Hall–Kier alpha value is -2.61. The molecule has 1 amide bonds. The number of sulfonamides is 1. The zero-order chi connectivity index (χ0) is 22.1. The molecular formula is C22H27FN2O4S. The van der Waals surface area contributed by atoms with Crippen molar-refractivity contribution in [1.29, 1.82) is 0 Å². The molecule has 0 bridgehead atoms. The molecule has 0 fully saturated rings. The molecule has 30 heavy (non-hydrogen) atoms. The van der Waals surface area contributed by atoms with Gasteiger partial charge in [-0.05, 0) is 49.6 Å². The van der Waals surface area contributed by atoms with Crippen LogP contribution >= 0.6 is 0 Å². The first kappa shape index (κ1) is 22.1. The number of ether oxygens (including phenoxy) is 1. The first-order valence-corrected chi connectivity index (χ1v) is 11.5. The third-order valence-electron chi connectivity index (χ3n) is 4.75. The second kappa shape index (κ2) is 8.26. The molecule has 3 rings (SSSR count). The Kier molecular flexibility index (Phi) is 6.08. The summed E-state index contributed by atoms with van der Waals surface area (Å²) in [5.41, 5.74) is 0.745. The van der Waals surface area contributed by atoms with E-state index in [0.717, 1.165) is 0 Å². The number of hydrogen-bond donors (Lipinski definition) is 1. The summed E-state index contributed by atoms with van der Waals surface area (Å²) in [5.74, 6) is -0.0212. The highest BCUT2D eigenvalue weighted by molar-refractivity contribution is 7.91. The Morgan fingerprint density at radius 3 is 2.47 bits per heavy atom. The highest BCUT2D eigenvalue weighted by Crippen LogP contribution is 2.38. The van der Waals surface area contributed by atoms with Crippen molar-refractivity contribution < 1.29 is 22.3 Å². The number of anilines is 2. The first-order valence-electron chi connectivity index (χ1n) is 9.80. The first-order chi connectivity index (χ1) is 14.0. The van der Waals surface area contributed by atoms with E-state index in [4.69, 9.17) is 4.74 Å². The van der Waals surface area contributed by atoms with E-state index in [9.17, 15) is 17.6 Å². The van der Waals surface area contributed by atoms with Gasteiger partial charge >= 0.3 is 0 Å². The number of carbonyl (C=O) groups is 1. The molecule has 162 valence electrons. The molecule has 1 aliphatic rings. The second-order valence-electron chi connectivity index (χ2n) is 8.65. The third kappa shape index (κ3) is 5.11. The van der Waals surface area contributed by atoms with E-state index in [0.29, 0.717) is 29.2 Å². The number of benzene rings is 2. The van der Waals surface area contributed by atoms with E-state index in [-0.39, 0.29) is 24.2 Å². The lowest BCUT2D eigenvalue weighted by molar-refractivity contribution is -0.127. The predicted molar refractivity (Wildman–Crippen MR) is 116 cm³/mol. The molecule has 2 aromatic rings. The van der Waals surface area contributed by atoms with Gasteiger partial charge in [0.2, 0.25) is 15.9 Å². The number of fused-ring (bicyclic) bond motifs is 1. The molecule has 8 heteroatoms. The fourth-order valence-corrected chi connectivity index (χ4v) is 4.46. The molecule has 2 aromatic carbocycles. The monoisotopic (exact) mass is 434 g/mol. The van der Waals surface area contributed by atoms with Gasteiger partial charge in [-0.3, -0.25) is 9.52 Å². The smallest absolute Gasteiger partial charge is 0.236 e. The fraction of sp³-hybridized carbons (Fsp3) is 0.409. The van der Waals surface area contributed by atoms with Gasteiger partial charge in [0.1, 0.15) is 18.2 Å². The molecule has 1 N–H and O–H groups in total. The van der Waals surface area contributed by atoms with Crippen molar-refractivity contribution in [3.8, 4) is 5.75 Å². The van der Waals surface area contributed by atoms with Gasteiger partial charge in [0.15, 0.2) is 0 Å². The Labute approximate surface area is 177 Å². The van der Waals surface area contributed by atoms with E-state index in [1.807, 2.05) is 27.7 Å². The van der Waals surface area contributed by atoms with Crippen LogP contribution in [0.3, 0.4) is 0 Å². The molecule has 1 heterocycles. The molecule has 1 aliphatic heterocycles. The Balaban J connectivity index is 1.87. The lowest BCUT2D eigenvalue weighted by Gasteiger charge is -2.29. The second-order valence-corrected chi connectivity index (χ2v) is 10.4. The average Bonchev–Trinajstić information content (AvgIpc) is 2.73. The van der Waals surface area contributed by atoms with Crippen LogP contribution < -0.4 is 14.4 Å². The Morgan fingerprint density at radius 2 is 1.83 bits per heavy atom. The molecule has 0 aromatic heterocycles. The predicted octanol–water partition coefficient (Wildman–Crippen LogP) is 4.18. The van der Waals surface area contributed by atoms with Crippen LogP contribution in [-0.2, 0) is 20.6 Å². The van der Waals surface area contributed by atoms with E-state index in [2.05, 4.69) is 4.72 Å². The fourth-order valence-electron chi connectivity index (χ4n) is 3.27. The van der Waals surface area contributed by atoms with Gasteiger partial charge in [0, 0.05) is 12.6 Å². The van der Waals surface area contributed by atoms with Gasteiger partial charge in [-0.25, -0.2) is 12.8 Å². The van der Waals surface area contributed by atoms with E-state index < -0.39 is 21.3 Å². The van der Waals surface area contributed by atoms with Gasteiger partial charge in [-0.2, -0.15) is 0 Å². The highest BCUT2D eigenvalue weighted by Gasteiger charge is 2.38. The molecular weight excluding hydrogens is 407 g/mol. The minimum Gasteiger partial charge on any atom is -0.490 e. The highest BCUT2D eigenvalue weighted by atomic mass is 32.2. The van der Waals surface area contributed by atoms with E-state index in [1.54, 1.807) is 23.1 Å². The Morgan fingerprint density at radius 1 is 1.17 bits per heavy atom. The number of nitrogens with one attached hydrogen (secondary N) is 1. The van der Waals surface area contributed by atoms with Crippen molar-refractivity contribution in [3.63, 3.8) is 0 Å². The van der Waals surface area contributed by atoms with Crippen molar-refractivity contribution in [1.82, 2.24) is 0 Å². The van der Waals surface area contributed by atoms with Crippen molar-refractivity contribution in [2.24, 2.45) is 11.3 Å². The average molecular weight is 435 g/mol. The van der Waals surface area contributed by atoms with Crippen LogP contribution in [0.1, 0.15) is 33.3 Å². The molecule has 0 saturated carbocycles. The third-order valence-corrected chi connectivity index (χ3v) is 6.01. The summed E-state index contributed by atoms with van der Waals surface area (Å²) < 4.78 is 46.6. The minimum absolute atomic E-state index is 0.0282.